The number of esters is 1. The standard InChI is InChI=1S/C14H19FO3/c1-10-6-5-7-11(12(10)15)13(16)17-8-9-18-14(2,3)4/h5-7H,8-9H2,1-4H3. The third-order valence-corrected chi connectivity index (χ3v) is 2.26. The predicted octanol–water partition coefficient (Wildman–Crippen LogP) is 3.11. The maximum atomic E-state index is 13.6. The van der Waals surface area contributed by atoms with E-state index < -0.39 is 11.8 Å². The summed E-state index contributed by atoms with van der Waals surface area (Å²) in [7, 11) is 0. The third-order valence-electron chi connectivity index (χ3n) is 2.26. The molecule has 0 fully saturated rings. The molecule has 0 aliphatic carbocycles. The van der Waals surface area contributed by atoms with Crippen LogP contribution in [0.3, 0.4) is 0 Å². The second-order valence-corrected chi connectivity index (χ2v) is 5.03. The lowest BCUT2D eigenvalue weighted by Crippen LogP contribution is -2.22. The monoisotopic (exact) mass is 254 g/mol. The first-order chi connectivity index (χ1) is 8.31. The van der Waals surface area contributed by atoms with E-state index in [0.29, 0.717) is 12.2 Å². The lowest BCUT2D eigenvalue weighted by atomic mass is 10.1. The molecule has 0 bridgehead atoms. The van der Waals surface area contributed by atoms with Crippen LogP contribution in [0.4, 0.5) is 4.39 Å². The van der Waals surface area contributed by atoms with Crippen molar-refractivity contribution in [2.75, 3.05) is 13.2 Å². The van der Waals surface area contributed by atoms with Crippen LogP contribution in [0.2, 0.25) is 0 Å². The number of rotatable bonds is 4. The molecule has 0 spiro atoms. The molecule has 0 aliphatic heterocycles. The summed E-state index contributed by atoms with van der Waals surface area (Å²) >= 11 is 0. The van der Waals surface area contributed by atoms with Crippen molar-refractivity contribution >= 4 is 5.97 Å². The maximum Gasteiger partial charge on any atom is 0.341 e. The van der Waals surface area contributed by atoms with E-state index in [0.717, 1.165) is 0 Å². The molecule has 0 radical (unpaired) electrons. The van der Waals surface area contributed by atoms with E-state index in [1.165, 1.54) is 6.07 Å². The fraction of sp³-hybridized carbons (Fsp3) is 0.500. The number of hydrogen-bond donors (Lipinski definition) is 0. The van der Waals surface area contributed by atoms with E-state index in [-0.39, 0.29) is 17.8 Å². The van der Waals surface area contributed by atoms with Gasteiger partial charge in [0.15, 0.2) is 0 Å². The van der Waals surface area contributed by atoms with Crippen molar-refractivity contribution in [3.63, 3.8) is 0 Å². The Hall–Kier alpha value is -1.42. The van der Waals surface area contributed by atoms with E-state index >= 15 is 0 Å². The van der Waals surface area contributed by atoms with Gasteiger partial charge in [-0.05, 0) is 39.3 Å². The number of carbonyl (C=O) groups is 1. The van der Waals surface area contributed by atoms with E-state index in [1.54, 1.807) is 19.1 Å². The zero-order valence-corrected chi connectivity index (χ0v) is 11.2. The summed E-state index contributed by atoms with van der Waals surface area (Å²) in [6.45, 7) is 7.75. The fourth-order valence-electron chi connectivity index (χ4n) is 1.37. The van der Waals surface area contributed by atoms with Crippen LogP contribution in [-0.2, 0) is 9.47 Å². The van der Waals surface area contributed by atoms with Crippen LogP contribution in [-0.4, -0.2) is 24.8 Å². The first-order valence-electron chi connectivity index (χ1n) is 5.87. The molecular weight excluding hydrogens is 235 g/mol. The van der Waals surface area contributed by atoms with Gasteiger partial charge in [0.1, 0.15) is 12.4 Å². The zero-order chi connectivity index (χ0) is 13.8. The molecular formula is C14H19FO3. The molecule has 4 heteroatoms. The molecule has 0 aliphatic rings. The Labute approximate surface area is 107 Å². The molecule has 1 aromatic carbocycles. The largest absolute Gasteiger partial charge is 0.460 e. The average Bonchev–Trinajstić information content (AvgIpc) is 2.26. The van der Waals surface area contributed by atoms with E-state index in [2.05, 4.69) is 0 Å². The number of benzene rings is 1. The minimum atomic E-state index is -0.659. The molecule has 0 aromatic heterocycles. The van der Waals surface area contributed by atoms with Crippen molar-refractivity contribution in [1.82, 2.24) is 0 Å². The molecule has 0 heterocycles. The summed E-state index contributed by atoms with van der Waals surface area (Å²) in [6, 6.07) is 4.64. The summed E-state index contributed by atoms with van der Waals surface area (Å²) in [5, 5.41) is 0. The van der Waals surface area contributed by atoms with Crippen LogP contribution in [0.15, 0.2) is 18.2 Å². The molecule has 100 valence electrons. The van der Waals surface area contributed by atoms with Crippen LogP contribution in [0, 0.1) is 12.7 Å². The van der Waals surface area contributed by atoms with Crippen molar-refractivity contribution in [2.45, 2.75) is 33.3 Å². The van der Waals surface area contributed by atoms with Crippen LogP contribution in [0.25, 0.3) is 0 Å². The Morgan fingerprint density at radius 2 is 1.94 bits per heavy atom. The summed E-state index contributed by atoms with van der Waals surface area (Å²) in [5.74, 6) is -1.19. The SMILES string of the molecule is Cc1cccc(C(=O)OCCOC(C)(C)C)c1F. The normalized spacial score (nSPS) is 11.4. The molecule has 0 amide bonds. The topological polar surface area (TPSA) is 35.5 Å². The van der Waals surface area contributed by atoms with Gasteiger partial charge in [-0.15, -0.1) is 0 Å². The second-order valence-electron chi connectivity index (χ2n) is 5.03. The van der Waals surface area contributed by atoms with Crippen LogP contribution < -0.4 is 0 Å². The minimum Gasteiger partial charge on any atom is -0.460 e. The molecule has 0 N–H and O–H groups in total. The van der Waals surface area contributed by atoms with E-state index in [1.807, 2.05) is 20.8 Å². The highest BCUT2D eigenvalue weighted by molar-refractivity contribution is 5.89. The highest BCUT2D eigenvalue weighted by Crippen LogP contribution is 2.13. The molecule has 0 atom stereocenters. The molecule has 1 rings (SSSR count). The Bertz CT molecular complexity index is 422. The Balaban J connectivity index is 2.49. The molecule has 0 unspecified atom stereocenters. The van der Waals surface area contributed by atoms with Gasteiger partial charge < -0.3 is 9.47 Å². The van der Waals surface area contributed by atoms with Gasteiger partial charge in [0, 0.05) is 0 Å². The smallest absolute Gasteiger partial charge is 0.341 e. The summed E-state index contributed by atoms with van der Waals surface area (Å²) in [4.78, 5) is 11.6. The molecule has 3 nitrogen and oxygen atoms in total. The summed E-state index contributed by atoms with van der Waals surface area (Å²) in [6.07, 6.45) is 0. The van der Waals surface area contributed by atoms with Crippen molar-refractivity contribution in [2.24, 2.45) is 0 Å². The van der Waals surface area contributed by atoms with Crippen molar-refractivity contribution in [1.29, 1.82) is 0 Å². The van der Waals surface area contributed by atoms with E-state index in [4.69, 9.17) is 9.47 Å². The fourth-order valence-corrected chi connectivity index (χ4v) is 1.37. The van der Waals surface area contributed by atoms with Gasteiger partial charge in [0.2, 0.25) is 0 Å². The van der Waals surface area contributed by atoms with Gasteiger partial charge >= 0.3 is 5.97 Å². The van der Waals surface area contributed by atoms with Gasteiger partial charge in [-0.1, -0.05) is 12.1 Å². The number of halogens is 1. The van der Waals surface area contributed by atoms with Gasteiger partial charge in [0.25, 0.3) is 0 Å². The molecule has 18 heavy (non-hydrogen) atoms. The molecule has 0 saturated carbocycles. The average molecular weight is 254 g/mol. The van der Waals surface area contributed by atoms with Crippen molar-refractivity contribution in [3.8, 4) is 0 Å². The number of ether oxygens (including phenoxy) is 2. The molecule has 1 aromatic rings. The van der Waals surface area contributed by atoms with Crippen LogP contribution >= 0.6 is 0 Å². The lowest BCUT2D eigenvalue weighted by Gasteiger charge is -2.19. The maximum absolute atomic E-state index is 13.6. The number of carbonyl (C=O) groups excluding carboxylic acids is 1. The highest BCUT2D eigenvalue weighted by atomic mass is 19.1. The van der Waals surface area contributed by atoms with Gasteiger partial charge in [-0.3, -0.25) is 0 Å². The Morgan fingerprint density at radius 1 is 1.28 bits per heavy atom. The van der Waals surface area contributed by atoms with E-state index in [9.17, 15) is 9.18 Å². The zero-order valence-electron chi connectivity index (χ0n) is 11.2. The predicted molar refractivity (Wildman–Crippen MR) is 67.1 cm³/mol. The Morgan fingerprint density at radius 3 is 2.56 bits per heavy atom. The molecule has 0 saturated heterocycles. The number of aryl methyl sites for hydroxylation is 1. The van der Waals surface area contributed by atoms with Gasteiger partial charge in [-0.2, -0.15) is 0 Å². The lowest BCUT2D eigenvalue weighted by molar-refractivity contribution is -0.0282. The van der Waals surface area contributed by atoms with Crippen molar-refractivity contribution in [3.05, 3.63) is 35.1 Å². The van der Waals surface area contributed by atoms with Crippen LogP contribution in [0.5, 0.6) is 0 Å². The first-order valence-corrected chi connectivity index (χ1v) is 5.87. The third kappa shape index (κ3) is 4.45. The van der Waals surface area contributed by atoms with Gasteiger partial charge in [-0.25, -0.2) is 9.18 Å². The highest BCUT2D eigenvalue weighted by Gasteiger charge is 2.15. The van der Waals surface area contributed by atoms with Gasteiger partial charge in [0.05, 0.1) is 17.8 Å². The summed E-state index contributed by atoms with van der Waals surface area (Å²) in [5.41, 5.74) is 0.113. The number of hydrogen-bond acceptors (Lipinski definition) is 3. The quantitative estimate of drug-likeness (QED) is 0.611. The van der Waals surface area contributed by atoms with Crippen molar-refractivity contribution < 1.29 is 18.7 Å². The minimum absolute atomic E-state index is 0.0363. The van der Waals surface area contributed by atoms with Crippen LogP contribution in [0.1, 0.15) is 36.7 Å². The second kappa shape index (κ2) is 5.96. The first kappa shape index (κ1) is 14.6. The summed E-state index contributed by atoms with van der Waals surface area (Å²) < 4.78 is 24.0. The Kier molecular flexibility index (Phi) is 4.84.